The van der Waals surface area contributed by atoms with Crippen molar-refractivity contribution in [3.05, 3.63) is 53.6 Å². The van der Waals surface area contributed by atoms with Crippen LogP contribution in [-0.2, 0) is 0 Å². The first-order valence-corrected chi connectivity index (χ1v) is 9.60. The van der Waals surface area contributed by atoms with E-state index in [1.165, 1.54) is 30.9 Å². The molecule has 0 spiro atoms. The molecule has 0 bridgehead atoms. The van der Waals surface area contributed by atoms with Crippen molar-refractivity contribution in [3.63, 3.8) is 0 Å². The molecular formula is C17H21Br2NS. The van der Waals surface area contributed by atoms with E-state index in [0.29, 0.717) is 0 Å². The van der Waals surface area contributed by atoms with Crippen LogP contribution < -0.4 is 5.32 Å². The molecule has 1 aromatic heterocycles. The first-order chi connectivity index (χ1) is 9.93. The second kappa shape index (κ2) is 7.40. The Bertz CT molecular complexity index is 614. The lowest BCUT2D eigenvalue weighted by molar-refractivity contribution is 0.603. The van der Waals surface area contributed by atoms with Gasteiger partial charge in [0.05, 0.1) is 6.04 Å². The predicted molar refractivity (Wildman–Crippen MR) is 101 cm³/mol. The lowest BCUT2D eigenvalue weighted by atomic mass is 10.0. The van der Waals surface area contributed by atoms with Crippen LogP contribution in [0.2, 0.25) is 0 Å². The maximum Gasteiger partial charge on any atom is 0.0682 e. The summed E-state index contributed by atoms with van der Waals surface area (Å²) < 4.78 is 2.33. The molecule has 2 rings (SSSR count). The normalized spacial score (nSPS) is 12.7. The third-order valence-electron chi connectivity index (χ3n) is 3.66. The molecule has 0 aliphatic rings. The van der Waals surface area contributed by atoms with E-state index in [9.17, 15) is 0 Å². The van der Waals surface area contributed by atoms with Gasteiger partial charge in [-0.1, -0.05) is 38.8 Å². The van der Waals surface area contributed by atoms with Crippen molar-refractivity contribution < 1.29 is 0 Å². The van der Waals surface area contributed by atoms with Gasteiger partial charge in [-0.2, -0.15) is 0 Å². The molecule has 1 N–H and O–H groups in total. The van der Waals surface area contributed by atoms with E-state index in [0.717, 1.165) is 17.4 Å². The van der Waals surface area contributed by atoms with Gasteiger partial charge in [0, 0.05) is 18.7 Å². The van der Waals surface area contributed by atoms with Gasteiger partial charge in [-0.3, -0.25) is 0 Å². The van der Waals surface area contributed by atoms with E-state index in [2.05, 4.69) is 83.1 Å². The molecule has 0 radical (unpaired) electrons. The Morgan fingerprint density at radius 3 is 2.33 bits per heavy atom. The van der Waals surface area contributed by atoms with Gasteiger partial charge < -0.3 is 5.32 Å². The van der Waals surface area contributed by atoms with Crippen LogP contribution in [0.25, 0.3) is 0 Å². The lowest BCUT2D eigenvalue weighted by Crippen LogP contribution is -2.22. The summed E-state index contributed by atoms with van der Waals surface area (Å²) >= 11 is 9.29. The number of benzene rings is 1. The number of halogens is 2. The van der Waals surface area contributed by atoms with Gasteiger partial charge in [-0.25, -0.2) is 0 Å². The summed E-state index contributed by atoms with van der Waals surface area (Å²) in [6.07, 6.45) is 1.13. The quantitative estimate of drug-likeness (QED) is 0.587. The average molecular weight is 431 g/mol. The third-order valence-corrected chi connectivity index (χ3v) is 6.42. The second-order valence-corrected chi connectivity index (χ2v) is 8.39. The van der Waals surface area contributed by atoms with Gasteiger partial charge in [0.1, 0.15) is 0 Å². The molecule has 4 heteroatoms. The fourth-order valence-corrected chi connectivity index (χ4v) is 4.46. The van der Waals surface area contributed by atoms with Gasteiger partial charge in [-0.15, -0.1) is 11.3 Å². The largest absolute Gasteiger partial charge is 0.306 e. The van der Waals surface area contributed by atoms with Gasteiger partial charge >= 0.3 is 0 Å². The Hall–Kier alpha value is -0.160. The van der Waals surface area contributed by atoms with Gasteiger partial charge in [0.2, 0.25) is 0 Å². The highest BCUT2D eigenvalue weighted by Crippen LogP contribution is 2.36. The smallest absolute Gasteiger partial charge is 0.0682 e. The molecule has 1 heterocycles. The Kier molecular flexibility index (Phi) is 6.06. The summed E-state index contributed by atoms with van der Waals surface area (Å²) in [6, 6.07) is 6.98. The van der Waals surface area contributed by atoms with E-state index in [-0.39, 0.29) is 6.04 Å². The molecule has 0 saturated carbocycles. The fourth-order valence-electron chi connectivity index (χ4n) is 2.28. The number of rotatable bonds is 5. The minimum absolute atomic E-state index is 0.244. The van der Waals surface area contributed by atoms with Crippen LogP contribution >= 0.6 is 43.2 Å². The fraction of sp³-hybridized carbons (Fsp3) is 0.412. The Labute approximate surface area is 148 Å². The molecule has 1 atom stereocenters. The minimum Gasteiger partial charge on any atom is -0.306 e. The van der Waals surface area contributed by atoms with E-state index in [4.69, 9.17) is 0 Å². The Morgan fingerprint density at radius 1 is 1.05 bits per heavy atom. The first-order valence-electron chi connectivity index (χ1n) is 7.19. The van der Waals surface area contributed by atoms with Crippen LogP contribution in [0.3, 0.4) is 0 Å². The third kappa shape index (κ3) is 3.98. The van der Waals surface area contributed by atoms with Crippen LogP contribution in [0.1, 0.15) is 45.8 Å². The molecule has 0 aliphatic heterocycles. The highest BCUT2D eigenvalue weighted by molar-refractivity contribution is 9.11. The van der Waals surface area contributed by atoms with E-state index in [1.54, 1.807) is 0 Å². The highest BCUT2D eigenvalue weighted by atomic mass is 79.9. The van der Waals surface area contributed by atoms with Crippen molar-refractivity contribution in [2.24, 2.45) is 0 Å². The van der Waals surface area contributed by atoms with Gasteiger partial charge in [-0.05, 0) is 68.6 Å². The van der Waals surface area contributed by atoms with Crippen molar-refractivity contribution in [3.8, 4) is 0 Å². The predicted octanol–water partition coefficient (Wildman–Crippen LogP) is 6.29. The van der Waals surface area contributed by atoms with E-state index >= 15 is 0 Å². The number of nitrogens with one attached hydrogen (secondary N) is 1. The summed E-state index contributed by atoms with van der Waals surface area (Å²) in [5.74, 6) is 0. The van der Waals surface area contributed by atoms with E-state index in [1.807, 2.05) is 11.3 Å². The summed E-state index contributed by atoms with van der Waals surface area (Å²) in [5.41, 5.74) is 3.92. The zero-order valence-corrected chi connectivity index (χ0v) is 16.9. The summed E-state index contributed by atoms with van der Waals surface area (Å²) in [6.45, 7) is 9.72. The summed E-state index contributed by atoms with van der Waals surface area (Å²) in [7, 11) is 0. The number of hydrogen-bond acceptors (Lipinski definition) is 2. The monoisotopic (exact) mass is 429 g/mol. The molecule has 0 aliphatic carbocycles. The molecule has 0 fully saturated rings. The van der Waals surface area contributed by atoms with Crippen molar-refractivity contribution in [1.29, 1.82) is 0 Å². The lowest BCUT2D eigenvalue weighted by Gasteiger charge is -2.20. The van der Waals surface area contributed by atoms with Crippen molar-refractivity contribution in [2.75, 3.05) is 6.54 Å². The van der Waals surface area contributed by atoms with Crippen LogP contribution in [0.5, 0.6) is 0 Å². The molecular weight excluding hydrogens is 410 g/mol. The molecule has 2 aromatic rings. The van der Waals surface area contributed by atoms with Crippen LogP contribution in [0, 0.1) is 20.8 Å². The number of aryl methyl sites for hydroxylation is 3. The zero-order valence-electron chi connectivity index (χ0n) is 12.9. The van der Waals surface area contributed by atoms with E-state index < -0.39 is 0 Å². The maximum atomic E-state index is 3.74. The summed E-state index contributed by atoms with van der Waals surface area (Å²) in [5, 5.41) is 3.69. The van der Waals surface area contributed by atoms with Crippen molar-refractivity contribution in [1.82, 2.24) is 5.32 Å². The number of hydrogen-bond donors (Lipinski definition) is 1. The first kappa shape index (κ1) is 17.2. The van der Waals surface area contributed by atoms with Gasteiger partial charge in [0.15, 0.2) is 0 Å². The second-order valence-electron chi connectivity index (χ2n) is 5.40. The van der Waals surface area contributed by atoms with Crippen LogP contribution in [0.15, 0.2) is 27.1 Å². The Morgan fingerprint density at radius 2 is 1.76 bits per heavy atom. The molecule has 1 unspecified atom stereocenters. The SMILES string of the molecule is CCCNC(c1cc(C)c(C)s1)c1cc(Br)c(C)cc1Br. The molecule has 1 aromatic carbocycles. The van der Waals surface area contributed by atoms with Crippen molar-refractivity contribution in [2.45, 2.75) is 40.2 Å². The average Bonchev–Trinajstić information content (AvgIpc) is 2.75. The highest BCUT2D eigenvalue weighted by Gasteiger charge is 2.20. The zero-order chi connectivity index (χ0) is 15.6. The molecule has 0 saturated heterocycles. The number of thiophene rings is 1. The standard InChI is InChI=1S/C17H21Br2NS/c1-5-6-20-17(16-8-10(2)12(4)21-16)13-9-14(18)11(3)7-15(13)19/h7-9,17,20H,5-6H2,1-4H3. The minimum atomic E-state index is 0.244. The topological polar surface area (TPSA) is 12.0 Å². The van der Waals surface area contributed by atoms with Crippen LogP contribution in [-0.4, -0.2) is 6.54 Å². The maximum absolute atomic E-state index is 3.74. The summed E-state index contributed by atoms with van der Waals surface area (Å²) in [4.78, 5) is 2.78. The molecule has 1 nitrogen and oxygen atoms in total. The van der Waals surface area contributed by atoms with Gasteiger partial charge in [0.25, 0.3) is 0 Å². The molecule has 21 heavy (non-hydrogen) atoms. The van der Waals surface area contributed by atoms with Crippen molar-refractivity contribution >= 4 is 43.2 Å². The Balaban J connectivity index is 2.47. The molecule has 114 valence electrons. The molecule has 0 amide bonds. The van der Waals surface area contributed by atoms with Crippen LogP contribution in [0.4, 0.5) is 0 Å².